The molecule has 0 saturated heterocycles. The summed E-state index contributed by atoms with van der Waals surface area (Å²) in [6.45, 7) is 2.38. The van der Waals surface area contributed by atoms with Crippen LogP contribution in [0.2, 0.25) is 0 Å². The lowest BCUT2D eigenvalue weighted by atomic mass is 10.0. The molecule has 0 aromatic heterocycles. The second-order valence-electron chi connectivity index (χ2n) is 25.7. The van der Waals surface area contributed by atoms with Crippen molar-refractivity contribution in [2.24, 2.45) is 0 Å². The topological polar surface area (TPSA) is 231 Å². The number of aliphatic hydroxyl groups excluding tert-OH is 2. The molecule has 570 valence electrons. The second kappa shape index (κ2) is 73.7. The summed E-state index contributed by atoms with van der Waals surface area (Å²) >= 11 is 0. The summed E-state index contributed by atoms with van der Waals surface area (Å²) in [5.41, 5.74) is 0. The van der Waals surface area contributed by atoms with Crippen molar-refractivity contribution in [1.82, 2.24) is 0 Å². The van der Waals surface area contributed by atoms with Gasteiger partial charge in [-0.3, -0.25) is 32.5 Å². The Morgan fingerprint density at radius 2 is 0.535 bits per heavy atom. The molecule has 18 heteroatoms. The van der Waals surface area contributed by atoms with Gasteiger partial charge in [-0.05, 0) is 122 Å². The quantitative estimate of drug-likeness (QED) is 0.0146. The second-order valence-corrected chi connectivity index (χ2v) is 28.7. The number of aliphatic hydroxyl groups is 2. The largest absolute Gasteiger partial charge is 0.472 e. The van der Waals surface area contributed by atoms with Crippen molar-refractivity contribution in [2.45, 2.75) is 334 Å². The van der Waals surface area contributed by atoms with Crippen LogP contribution in [-0.2, 0) is 55.8 Å². The van der Waals surface area contributed by atoms with Gasteiger partial charge >= 0.3 is 33.6 Å². The fourth-order valence-electron chi connectivity index (χ4n) is 10.3. The van der Waals surface area contributed by atoms with E-state index in [-0.39, 0.29) is 19.3 Å². The van der Waals surface area contributed by atoms with E-state index < -0.39 is 91.5 Å². The fourth-order valence-corrected chi connectivity index (χ4v) is 11.9. The number of esters is 3. The minimum absolute atomic E-state index is 0.0874. The van der Waals surface area contributed by atoms with Gasteiger partial charge in [0.25, 0.3) is 0 Å². The zero-order chi connectivity index (χ0) is 72.3. The Morgan fingerprint density at radius 1 is 0.293 bits per heavy atom. The van der Waals surface area contributed by atoms with E-state index in [0.717, 1.165) is 141 Å². The molecule has 0 bridgehead atoms. The number of phosphoric acid groups is 2. The van der Waals surface area contributed by atoms with Crippen LogP contribution in [0.5, 0.6) is 0 Å². The van der Waals surface area contributed by atoms with E-state index in [9.17, 15) is 43.5 Å². The minimum atomic E-state index is -4.93. The van der Waals surface area contributed by atoms with Gasteiger partial charge in [-0.1, -0.05) is 296 Å². The zero-order valence-corrected chi connectivity index (χ0v) is 63.9. The van der Waals surface area contributed by atoms with Crippen molar-refractivity contribution in [1.29, 1.82) is 0 Å². The molecule has 4 N–H and O–H groups in total. The molecule has 0 saturated carbocycles. The summed E-state index contributed by atoms with van der Waals surface area (Å²) in [6.07, 6.45) is 87.2. The highest BCUT2D eigenvalue weighted by atomic mass is 31.2. The van der Waals surface area contributed by atoms with Gasteiger partial charge in [-0.15, -0.1) is 0 Å². The first-order valence-electron chi connectivity index (χ1n) is 38.8. The van der Waals surface area contributed by atoms with Crippen molar-refractivity contribution in [3.63, 3.8) is 0 Å². The van der Waals surface area contributed by atoms with Crippen LogP contribution < -0.4 is 0 Å². The maximum Gasteiger partial charge on any atom is 0.472 e. The summed E-state index contributed by atoms with van der Waals surface area (Å²) in [4.78, 5) is 58.4. The van der Waals surface area contributed by atoms with Crippen LogP contribution >= 0.6 is 15.6 Å². The number of hydrogen-bond acceptors (Lipinski definition) is 14. The van der Waals surface area contributed by atoms with Crippen molar-refractivity contribution in [3.05, 3.63) is 122 Å². The number of carbonyl (C=O) groups is 3. The lowest BCUT2D eigenvalue weighted by molar-refractivity contribution is -0.161. The van der Waals surface area contributed by atoms with Crippen LogP contribution in [0, 0.1) is 0 Å². The molecule has 0 spiro atoms. The summed E-state index contributed by atoms with van der Waals surface area (Å²) in [7, 11) is -9.78. The summed E-state index contributed by atoms with van der Waals surface area (Å²) in [5, 5.41) is 20.6. The molecule has 0 aliphatic rings. The highest BCUT2D eigenvalue weighted by Crippen LogP contribution is 2.45. The SMILES string of the molecule is CC/C=C\C/C=C\C/C=C\C/C=C\C/C=C\CCCCCCCCCCCCCCCCCCCCCC(=O)OCC(O)COP(=O)(O)OCC(O)COP(=O)(O)OCC(COC(=O)CCCCCC/C=C\C/C=C\C/C=C\C/C=C\CC)OC(=O)CCCCCCC/C=C\CCCC. The first-order chi connectivity index (χ1) is 48.2. The number of rotatable bonds is 73. The Bertz CT molecular complexity index is 2290. The molecule has 0 heterocycles. The van der Waals surface area contributed by atoms with Crippen LogP contribution in [-0.4, -0.2) is 95.9 Å². The summed E-state index contributed by atoms with van der Waals surface area (Å²) < 4.78 is 60.9. The molecule has 0 fully saturated rings. The molecular weight excluding hydrogens is 1290 g/mol. The number of hydrogen-bond donors (Lipinski definition) is 4. The van der Waals surface area contributed by atoms with Crippen molar-refractivity contribution >= 4 is 33.6 Å². The van der Waals surface area contributed by atoms with E-state index >= 15 is 0 Å². The molecule has 0 aliphatic carbocycles. The van der Waals surface area contributed by atoms with Crippen LogP contribution in [0.25, 0.3) is 0 Å². The molecule has 0 amide bonds. The van der Waals surface area contributed by atoms with Gasteiger partial charge in [0, 0.05) is 19.3 Å². The number of unbranched alkanes of at least 4 members (excludes halogenated alkanes) is 30. The molecule has 0 aromatic carbocycles. The standard InChI is InChI=1S/C81H140O16P2/c1-4-7-10-13-16-19-22-24-26-28-29-30-31-32-33-34-35-36-37-38-39-40-41-42-43-44-45-47-49-50-53-55-58-61-64-67-79(84)91-70-76(82)71-93-98(87,88)94-72-77(83)73-95-99(89,90)96-75-78(97-81(86)69-66-63-60-57-52-21-18-15-12-9-6-3)74-92-80(85)68-65-62-59-56-54-51-48-46-27-25-23-20-17-14-11-8-5-2/h7-8,10-11,15-20,24-27,29-30,32-33,48,51,76-78,82-83H,4-6,9,12-14,21-23,28,31,34-47,49-50,52-75H2,1-3H3,(H,87,88)(H,89,90)/b10-7-,11-8-,18-15-,19-16-,20-17-,26-24-,27-25-,30-29-,33-32-,51-48-. The predicted molar refractivity (Wildman–Crippen MR) is 408 cm³/mol. The molecule has 99 heavy (non-hydrogen) atoms. The van der Waals surface area contributed by atoms with E-state index in [0.29, 0.717) is 19.3 Å². The normalized spacial score (nSPS) is 14.7. The zero-order valence-electron chi connectivity index (χ0n) is 62.1. The first kappa shape index (κ1) is 94.9. The van der Waals surface area contributed by atoms with Crippen molar-refractivity contribution in [3.8, 4) is 0 Å². The van der Waals surface area contributed by atoms with E-state index in [1.807, 2.05) is 0 Å². The van der Waals surface area contributed by atoms with E-state index in [1.54, 1.807) is 0 Å². The lowest BCUT2D eigenvalue weighted by Gasteiger charge is -2.21. The average Bonchev–Trinajstić information content (AvgIpc) is 1.19. The molecule has 5 unspecified atom stereocenters. The number of carbonyl (C=O) groups excluding carboxylic acids is 3. The first-order valence-corrected chi connectivity index (χ1v) is 41.8. The Kier molecular flexibility index (Phi) is 70.7. The Hall–Kier alpha value is -4.05. The van der Waals surface area contributed by atoms with Crippen LogP contribution in [0.15, 0.2) is 122 Å². The molecule has 0 aliphatic heterocycles. The minimum Gasteiger partial charge on any atom is -0.463 e. The Labute approximate surface area is 602 Å². The number of allylic oxidation sites excluding steroid dienone is 20. The van der Waals surface area contributed by atoms with Crippen LogP contribution in [0.1, 0.15) is 316 Å². The molecular formula is C81H140O16P2. The Morgan fingerprint density at radius 3 is 0.859 bits per heavy atom. The van der Waals surface area contributed by atoms with Gasteiger partial charge < -0.3 is 34.2 Å². The maximum atomic E-state index is 12.9. The van der Waals surface area contributed by atoms with Gasteiger partial charge in [0.1, 0.15) is 25.4 Å². The van der Waals surface area contributed by atoms with Gasteiger partial charge in [0.15, 0.2) is 6.10 Å². The van der Waals surface area contributed by atoms with Gasteiger partial charge in [0.05, 0.1) is 26.4 Å². The third-order valence-corrected chi connectivity index (χ3v) is 18.1. The van der Waals surface area contributed by atoms with Crippen LogP contribution in [0.3, 0.4) is 0 Å². The molecule has 0 aromatic rings. The highest BCUT2D eigenvalue weighted by Gasteiger charge is 2.29. The van der Waals surface area contributed by atoms with Gasteiger partial charge in [-0.2, -0.15) is 0 Å². The predicted octanol–water partition coefficient (Wildman–Crippen LogP) is 22.5. The average molecular weight is 1430 g/mol. The van der Waals surface area contributed by atoms with E-state index in [2.05, 4.69) is 142 Å². The maximum absolute atomic E-state index is 12.9. The van der Waals surface area contributed by atoms with E-state index in [1.165, 1.54) is 116 Å². The fraction of sp³-hybridized carbons (Fsp3) is 0.716. The van der Waals surface area contributed by atoms with Gasteiger partial charge in [0.2, 0.25) is 0 Å². The Balaban J connectivity index is 4.31. The monoisotopic (exact) mass is 1430 g/mol. The molecule has 16 nitrogen and oxygen atoms in total. The lowest BCUT2D eigenvalue weighted by Crippen LogP contribution is -2.30. The molecule has 5 atom stereocenters. The van der Waals surface area contributed by atoms with Gasteiger partial charge in [-0.25, -0.2) is 9.13 Å². The third-order valence-electron chi connectivity index (χ3n) is 16.2. The molecule has 0 rings (SSSR count). The highest BCUT2D eigenvalue weighted by molar-refractivity contribution is 7.47. The third kappa shape index (κ3) is 74.9. The smallest absolute Gasteiger partial charge is 0.463 e. The van der Waals surface area contributed by atoms with Crippen molar-refractivity contribution in [2.75, 3.05) is 39.6 Å². The van der Waals surface area contributed by atoms with Crippen molar-refractivity contribution < 1.29 is 75.8 Å². The summed E-state index contributed by atoms with van der Waals surface area (Å²) in [5.74, 6) is -1.61. The number of phosphoric ester groups is 2. The number of ether oxygens (including phenoxy) is 3. The molecule has 0 radical (unpaired) electrons. The summed E-state index contributed by atoms with van der Waals surface area (Å²) in [6, 6.07) is 0. The van der Waals surface area contributed by atoms with Crippen LogP contribution in [0.4, 0.5) is 0 Å². The van der Waals surface area contributed by atoms with E-state index in [4.69, 9.17) is 32.3 Å².